The third-order valence-electron chi connectivity index (χ3n) is 4.33. The molecule has 3 heteroatoms. The van der Waals surface area contributed by atoms with Crippen molar-refractivity contribution in [2.45, 2.75) is 6.92 Å². The number of benzene rings is 3. The van der Waals surface area contributed by atoms with E-state index in [1.807, 2.05) is 55.5 Å². The Labute approximate surface area is 126 Å². The topological polar surface area (TPSA) is 43.1 Å². The van der Waals surface area contributed by atoms with Crippen LogP contribution in [0.25, 0.3) is 33.0 Å². The Morgan fingerprint density at radius 2 is 1.68 bits per heavy atom. The van der Waals surface area contributed by atoms with Gasteiger partial charge in [0.25, 0.3) is 0 Å². The summed E-state index contributed by atoms with van der Waals surface area (Å²) >= 11 is 0. The number of fused-ring (bicyclic) bond motifs is 4. The monoisotopic (exact) mass is 285 g/mol. The molecule has 0 aliphatic heterocycles. The fourth-order valence-corrected chi connectivity index (χ4v) is 3.44. The van der Waals surface area contributed by atoms with Crippen molar-refractivity contribution in [3.63, 3.8) is 0 Å². The molecule has 3 nitrogen and oxygen atoms in total. The van der Waals surface area contributed by atoms with Crippen molar-refractivity contribution in [1.82, 2.24) is 4.98 Å². The van der Waals surface area contributed by atoms with Crippen LogP contribution in [0.15, 0.2) is 52.9 Å². The Hall–Kier alpha value is -2.94. The van der Waals surface area contributed by atoms with Crippen molar-refractivity contribution in [1.29, 1.82) is 0 Å². The summed E-state index contributed by atoms with van der Waals surface area (Å²) in [7, 11) is 0. The van der Waals surface area contributed by atoms with Crippen LogP contribution < -0.4 is 0 Å². The molecule has 0 fully saturated rings. The summed E-state index contributed by atoms with van der Waals surface area (Å²) in [5, 5.41) is 1.96. The van der Waals surface area contributed by atoms with Crippen LogP contribution in [-0.4, -0.2) is 10.8 Å². The van der Waals surface area contributed by atoms with Crippen molar-refractivity contribution in [2.75, 3.05) is 0 Å². The lowest BCUT2D eigenvalue weighted by Gasteiger charge is -2.19. The van der Waals surface area contributed by atoms with E-state index in [2.05, 4.69) is 4.98 Å². The number of aromatic nitrogens is 1. The van der Waals surface area contributed by atoms with Crippen molar-refractivity contribution in [2.24, 2.45) is 0 Å². The number of hydrogen-bond acceptors (Lipinski definition) is 3. The number of carbonyl (C=O) groups is 1. The molecule has 0 bridgehead atoms. The second-order valence-corrected chi connectivity index (χ2v) is 5.61. The molecule has 1 aliphatic carbocycles. The molecule has 0 N–H and O–H groups in total. The third-order valence-corrected chi connectivity index (χ3v) is 4.33. The first-order valence-electron chi connectivity index (χ1n) is 7.21. The smallest absolute Gasteiger partial charge is 0.194 e. The lowest BCUT2D eigenvalue weighted by molar-refractivity contribution is 0.104. The van der Waals surface area contributed by atoms with E-state index in [-0.39, 0.29) is 5.78 Å². The molecule has 4 aromatic rings. The highest BCUT2D eigenvalue weighted by Crippen LogP contribution is 2.42. The normalized spacial score (nSPS) is 12.9. The molecule has 1 aliphatic rings. The first kappa shape index (κ1) is 11.7. The van der Waals surface area contributed by atoms with Crippen LogP contribution >= 0.6 is 0 Å². The molecule has 1 heterocycles. The maximum Gasteiger partial charge on any atom is 0.194 e. The van der Waals surface area contributed by atoms with Gasteiger partial charge in [-0.2, -0.15) is 0 Å². The Bertz CT molecular complexity index is 1110. The Kier molecular flexibility index (Phi) is 2.03. The number of ketones is 1. The van der Waals surface area contributed by atoms with Gasteiger partial charge in [0.15, 0.2) is 17.3 Å². The molecule has 22 heavy (non-hydrogen) atoms. The zero-order valence-corrected chi connectivity index (χ0v) is 11.9. The van der Waals surface area contributed by atoms with Crippen LogP contribution in [0.1, 0.15) is 21.8 Å². The van der Waals surface area contributed by atoms with E-state index in [1.54, 1.807) is 0 Å². The average Bonchev–Trinajstić information content (AvgIpc) is 2.92. The zero-order chi connectivity index (χ0) is 14.8. The molecule has 5 rings (SSSR count). The van der Waals surface area contributed by atoms with Crippen molar-refractivity contribution < 1.29 is 9.21 Å². The van der Waals surface area contributed by atoms with E-state index in [9.17, 15) is 4.79 Å². The summed E-state index contributed by atoms with van der Waals surface area (Å²) in [6.07, 6.45) is 0. The summed E-state index contributed by atoms with van der Waals surface area (Å²) in [6, 6.07) is 15.6. The molecule has 0 amide bonds. The molecular formula is C19H11NO2. The standard InChI is InChI=1S/C19H11NO2/c1-10-20-18-13-7-4-8-14-17(13)15(9-16(18)22-10)11-5-2-3-6-12(11)19(14)21/h2-9H,1H3. The van der Waals surface area contributed by atoms with Gasteiger partial charge in [-0.3, -0.25) is 4.79 Å². The maximum absolute atomic E-state index is 12.8. The second kappa shape index (κ2) is 3.83. The molecule has 1 aromatic heterocycles. The van der Waals surface area contributed by atoms with Crippen LogP contribution in [0.5, 0.6) is 0 Å². The quantitative estimate of drug-likeness (QED) is 0.420. The van der Waals surface area contributed by atoms with Gasteiger partial charge in [0.2, 0.25) is 0 Å². The number of hydrogen-bond donors (Lipinski definition) is 0. The van der Waals surface area contributed by atoms with Gasteiger partial charge < -0.3 is 4.42 Å². The number of oxazole rings is 1. The van der Waals surface area contributed by atoms with Crippen molar-refractivity contribution >= 4 is 27.7 Å². The number of carbonyl (C=O) groups excluding carboxylic acids is 1. The number of rotatable bonds is 0. The minimum Gasteiger partial charge on any atom is -0.441 e. The molecule has 0 atom stereocenters. The third kappa shape index (κ3) is 1.31. The second-order valence-electron chi connectivity index (χ2n) is 5.61. The molecule has 3 aromatic carbocycles. The number of aryl methyl sites for hydroxylation is 1. The van der Waals surface area contributed by atoms with E-state index < -0.39 is 0 Å². The lowest BCUT2D eigenvalue weighted by atomic mass is 9.82. The first-order chi connectivity index (χ1) is 10.7. The van der Waals surface area contributed by atoms with Crippen LogP contribution in [-0.2, 0) is 0 Å². The fraction of sp³-hybridized carbons (Fsp3) is 0.0526. The Balaban J connectivity index is 2.10. The minimum absolute atomic E-state index is 0.0771. The number of nitrogens with zero attached hydrogens (tertiary/aromatic N) is 1. The van der Waals surface area contributed by atoms with Crippen LogP contribution in [0.4, 0.5) is 0 Å². The summed E-state index contributed by atoms with van der Waals surface area (Å²) < 4.78 is 5.73. The molecule has 0 spiro atoms. The highest BCUT2D eigenvalue weighted by atomic mass is 16.3. The predicted molar refractivity (Wildman–Crippen MR) is 85.1 cm³/mol. The summed E-state index contributed by atoms with van der Waals surface area (Å²) in [6.45, 7) is 1.84. The molecular weight excluding hydrogens is 274 g/mol. The van der Waals surface area contributed by atoms with Crippen molar-refractivity contribution in [3.8, 4) is 11.1 Å². The molecule has 0 radical (unpaired) electrons. The first-order valence-corrected chi connectivity index (χ1v) is 7.21. The van der Waals surface area contributed by atoms with Gasteiger partial charge in [0, 0.05) is 28.8 Å². The minimum atomic E-state index is 0.0771. The van der Waals surface area contributed by atoms with E-state index in [0.29, 0.717) is 5.89 Å². The van der Waals surface area contributed by atoms with Gasteiger partial charge >= 0.3 is 0 Å². The fourth-order valence-electron chi connectivity index (χ4n) is 3.44. The Morgan fingerprint density at radius 3 is 2.55 bits per heavy atom. The largest absolute Gasteiger partial charge is 0.441 e. The molecule has 104 valence electrons. The van der Waals surface area contributed by atoms with Gasteiger partial charge in [-0.15, -0.1) is 0 Å². The van der Waals surface area contributed by atoms with Gasteiger partial charge in [-0.25, -0.2) is 4.98 Å². The average molecular weight is 285 g/mol. The maximum atomic E-state index is 12.8. The van der Waals surface area contributed by atoms with E-state index in [0.717, 1.165) is 44.1 Å². The van der Waals surface area contributed by atoms with Gasteiger partial charge in [0.05, 0.1) is 0 Å². The Morgan fingerprint density at radius 1 is 0.909 bits per heavy atom. The van der Waals surface area contributed by atoms with Gasteiger partial charge in [0.1, 0.15) is 5.52 Å². The molecule has 0 saturated heterocycles. The van der Waals surface area contributed by atoms with Crippen molar-refractivity contribution in [3.05, 3.63) is 65.5 Å². The van der Waals surface area contributed by atoms with Crippen LogP contribution in [0.3, 0.4) is 0 Å². The SMILES string of the molecule is Cc1nc2c(cc3c4c(cccc42)C(=O)c2ccccc2-3)o1. The molecule has 0 unspecified atom stereocenters. The van der Waals surface area contributed by atoms with Crippen LogP contribution in [0, 0.1) is 6.92 Å². The zero-order valence-electron chi connectivity index (χ0n) is 11.9. The molecule has 0 saturated carbocycles. The lowest BCUT2D eigenvalue weighted by Crippen LogP contribution is -2.09. The highest BCUT2D eigenvalue weighted by molar-refractivity contribution is 6.28. The summed E-state index contributed by atoms with van der Waals surface area (Å²) in [4.78, 5) is 17.3. The van der Waals surface area contributed by atoms with Gasteiger partial charge in [-0.05, 0) is 17.2 Å². The predicted octanol–water partition coefficient (Wildman–Crippen LogP) is 4.50. The highest BCUT2D eigenvalue weighted by Gasteiger charge is 2.26. The van der Waals surface area contributed by atoms with Crippen LogP contribution in [0.2, 0.25) is 0 Å². The van der Waals surface area contributed by atoms with E-state index >= 15 is 0 Å². The summed E-state index contributed by atoms with van der Waals surface area (Å²) in [5.41, 5.74) is 5.09. The van der Waals surface area contributed by atoms with E-state index in [1.165, 1.54) is 0 Å². The van der Waals surface area contributed by atoms with Gasteiger partial charge in [-0.1, -0.05) is 42.5 Å². The summed E-state index contributed by atoms with van der Waals surface area (Å²) in [5.74, 6) is 0.714. The van der Waals surface area contributed by atoms with E-state index in [4.69, 9.17) is 4.42 Å².